The Morgan fingerprint density at radius 2 is 1.73 bits per heavy atom. The Kier molecular flexibility index (Phi) is 6.42. The van der Waals surface area contributed by atoms with E-state index in [0.29, 0.717) is 17.7 Å². The van der Waals surface area contributed by atoms with Gasteiger partial charge in [0.15, 0.2) is 5.76 Å². The summed E-state index contributed by atoms with van der Waals surface area (Å²) in [6, 6.07) is 14.9. The molecule has 2 aromatic carbocycles. The first-order valence-corrected chi connectivity index (χ1v) is 14.1. The summed E-state index contributed by atoms with van der Waals surface area (Å²) >= 11 is 2.65. The van der Waals surface area contributed by atoms with Crippen LogP contribution in [0.2, 0.25) is 0 Å². The molecule has 6 rings (SSSR count). The van der Waals surface area contributed by atoms with E-state index in [0.717, 1.165) is 32.0 Å². The van der Waals surface area contributed by atoms with Crippen LogP contribution in [0.5, 0.6) is 0 Å². The van der Waals surface area contributed by atoms with E-state index in [-0.39, 0.29) is 28.3 Å². The maximum absolute atomic E-state index is 15.4. The van der Waals surface area contributed by atoms with E-state index < -0.39 is 35.2 Å². The van der Waals surface area contributed by atoms with Gasteiger partial charge in [-0.05, 0) is 56.5 Å². The number of carboxylic acids is 1. The molecular weight excluding hydrogens is 558 g/mol. The van der Waals surface area contributed by atoms with Gasteiger partial charge in [0.05, 0.1) is 0 Å². The second kappa shape index (κ2) is 9.83. The van der Waals surface area contributed by atoms with Crippen LogP contribution < -0.4 is 5.32 Å². The second-order valence-corrected chi connectivity index (χ2v) is 11.9. The van der Waals surface area contributed by atoms with Crippen LogP contribution in [0.3, 0.4) is 0 Å². The fourth-order valence-electron chi connectivity index (χ4n) is 4.60. The summed E-state index contributed by atoms with van der Waals surface area (Å²) in [5.74, 6) is -2.06. The first kappa shape index (κ1) is 26.1. The first-order valence-electron chi connectivity index (χ1n) is 12.4. The van der Waals surface area contributed by atoms with E-state index in [9.17, 15) is 14.7 Å². The molecule has 0 bridgehead atoms. The number of aryl methyl sites for hydroxylation is 1. The van der Waals surface area contributed by atoms with Crippen molar-refractivity contribution in [2.24, 2.45) is 0 Å². The number of carbonyl (C=O) groups excluding carboxylic acids is 1. The van der Waals surface area contributed by atoms with Gasteiger partial charge in [-0.3, -0.25) is 10.1 Å². The third-order valence-electron chi connectivity index (χ3n) is 7.06. The van der Waals surface area contributed by atoms with Gasteiger partial charge in [-0.15, -0.1) is 22.7 Å². The molecule has 3 heterocycles. The van der Waals surface area contributed by atoms with Gasteiger partial charge >= 0.3 is 12.1 Å². The van der Waals surface area contributed by atoms with Crippen LogP contribution in [0.15, 0.2) is 59.1 Å². The number of nitrogens with one attached hydrogen (secondary N) is 1. The van der Waals surface area contributed by atoms with E-state index in [2.05, 4.69) is 10.5 Å². The number of hydrogen-bond acceptors (Lipinski definition) is 7. The second-order valence-electron chi connectivity index (χ2n) is 9.69. The molecule has 0 saturated heterocycles. The Balaban J connectivity index is 1.26. The molecule has 1 atom stereocenters. The summed E-state index contributed by atoms with van der Waals surface area (Å²) in [5.41, 5.74) is -0.112. The molecule has 5 aromatic rings. The lowest BCUT2D eigenvalue weighted by molar-refractivity contribution is -0.139. The lowest BCUT2D eigenvalue weighted by Gasteiger charge is -2.14. The smallest absolute Gasteiger partial charge is 0.412 e. The molecule has 0 spiro atoms. The fraction of sp³-hybridized carbons (Fsp3) is 0.207. The highest BCUT2D eigenvalue weighted by molar-refractivity contribution is 7.29. The van der Waals surface area contributed by atoms with Crippen molar-refractivity contribution in [1.29, 1.82) is 0 Å². The predicted octanol–water partition coefficient (Wildman–Crippen LogP) is 8.30. The molecule has 1 aliphatic carbocycles. The van der Waals surface area contributed by atoms with Crippen molar-refractivity contribution in [2.75, 3.05) is 5.32 Å². The number of fused-ring (bicyclic) bond motifs is 1. The Labute approximate surface area is 235 Å². The van der Waals surface area contributed by atoms with Crippen molar-refractivity contribution in [2.45, 2.75) is 38.2 Å². The van der Waals surface area contributed by atoms with Crippen LogP contribution in [-0.2, 0) is 14.9 Å². The van der Waals surface area contributed by atoms with Crippen molar-refractivity contribution in [3.63, 3.8) is 0 Å². The van der Waals surface area contributed by atoms with Crippen molar-refractivity contribution in [3.8, 4) is 21.7 Å². The number of rotatable bonds is 7. The van der Waals surface area contributed by atoms with Gasteiger partial charge in [-0.25, -0.2) is 13.6 Å². The maximum Gasteiger partial charge on any atom is 0.412 e. The SMILES string of the molecule is Cc1onc(-c2cc(F)c(-c3cc4sc(C5(C(=O)O)CC5)cc4s3)cc2F)c1NC(=O)OC(C)c1ccccc1. The minimum absolute atomic E-state index is 0.0648. The molecule has 1 aliphatic rings. The first-order chi connectivity index (χ1) is 19.2. The number of benzene rings is 2. The van der Waals surface area contributed by atoms with E-state index in [1.54, 1.807) is 13.0 Å². The molecular formula is C29H22F2N2O5S2. The van der Waals surface area contributed by atoms with Crippen molar-refractivity contribution >= 4 is 49.8 Å². The monoisotopic (exact) mass is 580 g/mol. The number of aromatic nitrogens is 1. The average Bonchev–Trinajstić information content (AvgIpc) is 3.34. The van der Waals surface area contributed by atoms with Gasteiger partial charge in [0.25, 0.3) is 0 Å². The number of ether oxygens (including phenoxy) is 1. The molecule has 3 aromatic heterocycles. The van der Waals surface area contributed by atoms with E-state index >= 15 is 8.78 Å². The average molecular weight is 581 g/mol. The standard InChI is InChI=1S/C29H22F2N2O5S2/c1-14(16-6-4-3-5-7-16)37-28(36)32-25-15(2)38-33-26(25)18-11-19(30)17(10-20(18)31)21-12-22-23(39-21)13-24(40-22)29(8-9-29)27(34)35/h3-7,10-14H,8-9H2,1-2H3,(H,32,36)(H,34,35). The van der Waals surface area contributed by atoms with Crippen LogP contribution in [0.4, 0.5) is 19.3 Å². The Morgan fingerprint density at radius 1 is 1.05 bits per heavy atom. The van der Waals surface area contributed by atoms with E-state index in [1.165, 1.54) is 29.6 Å². The van der Waals surface area contributed by atoms with Gasteiger partial charge < -0.3 is 14.4 Å². The molecule has 1 fully saturated rings. The molecule has 1 saturated carbocycles. The summed E-state index contributed by atoms with van der Waals surface area (Å²) < 4.78 is 43.1. The summed E-state index contributed by atoms with van der Waals surface area (Å²) in [7, 11) is 0. The third-order valence-corrected chi connectivity index (χ3v) is 9.59. The van der Waals surface area contributed by atoms with Crippen molar-refractivity contribution in [3.05, 3.63) is 82.4 Å². The van der Waals surface area contributed by atoms with Crippen LogP contribution in [0, 0.1) is 18.6 Å². The zero-order chi connectivity index (χ0) is 28.2. The molecule has 7 nitrogen and oxygen atoms in total. The molecule has 1 amide bonds. The molecule has 40 heavy (non-hydrogen) atoms. The molecule has 2 N–H and O–H groups in total. The molecule has 1 unspecified atom stereocenters. The van der Waals surface area contributed by atoms with E-state index in [1.807, 2.05) is 36.4 Å². The minimum atomic E-state index is -0.832. The van der Waals surface area contributed by atoms with Crippen LogP contribution >= 0.6 is 22.7 Å². The lowest BCUT2D eigenvalue weighted by atomic mass is 10.0. The van der Waals surface area contributed by atoms with Crippen LogP contribution in [0.25, 0.3) is 31.1 Å². The van der Waals surface area contributed by atoms with Crippen LogP contribution in [-0.4, -0.2) is 22.3 Å². The number of carboxylic acid groups (broad SMARTS) is 1. The minimum Gasteiger partial charge on any atom is -0.481 e. The predicted molar refractivity (Wildman–Crippen MR) is 149 cm³/mol. The lowest BCUT2D eigenvalue weighted by Crippen LogP contribution is -2.17. The summed E-state index contributed by atoms with van der Waals surface area (Å²) in [6.45, 7) is 3.26. The summed E-state index contributed by atoms with van der Waals surface area (Å²) in [5, 5.41) is 16.0. The number of halogens is 2. The van der Waals surface area contributed by atoms with Gasteiger partial charge in [0.2, 0.25) is 0 Å². The molecule has 0 radical (unpaired) electrons. The van der Waals surface area contributed by atoms with Gasteiger partial charge in [0.1, 0.15) is 34.5 Å². The zero-order valence-corrected chi connectivity index (χ0v) is 22.9. The van der Waals surface area contributed by atoms with Gasteiger partial charge in [0, 0.05) is 30.3 Å². The Morgan fingerprint density at radius 3 is 2.40 bits per heavy atom. The van der Waals surface area contributed by atoms with Crippen molar-refractivity contribution < 1.29 is 32.7 Å². The van der Waals surface area contributed by atoms with Crippen LogP contribution in [0.1, 0.15) is 42.1 Å². The highest BCUT2D eigenvalue weighted by atomic mass is 32.1. The number of anilines is 1. The number of nitrogens with zero attached hydrogens (tertiary/aromatic N) is 1. The zero-order valence-electron chi connectivity index (χ0n) is 21.3. The summed E-state index contributed by atoms with van der Waals surface area (Å²) in [6.07, 6.45) is -0.136. The van der Waals surface area contributed by atoms with E-state index in [4.69, 9.17) is 9.26 Å². The highest BCUT2D eigenvalue weighted by Crippen LogP contribution is 2.53. The summed E-state index contributed by atoms with van der Waals surface area (Å²) in [4.78, 5) is 25.6. The number of amides is 1. The molecule has 11 heteroatoms. The van der Waals surface area contributed by atoms with Gasteiger partial charge in [-0.1, -0.05) is 35.5 Å². The molecule has 204 valence electrons. The van der Waals surface area contributed by atoms with Gasteiger partial charge in [-0.2, -0.15) is 0 Å². The molecule has 0 aliphatic heterocycles. The fourth-order valence-corrected chi connectivity index (χ4v) is 7.25. The third kappa shape index (κ3) is 4.54. The topological polar surface area (TPSA) is 102 Å². The Bertz CT molecular complexity index is 1740. The Hall–Kier alpha value is -4.09. The normalized spacial score (nSPS) is 14.7. The quantitative estimate of drug-likeness (QED) is 0.201. The highest BCUT2D eigenvalue weighted by Gasteiger charge is 2.53. The number of thiophene rings is 2. The maximum atomic E-state index is 15.4. The van der Waals surface area contributed by atoms with Crippen molar-refractivity contribution in [1.82, 2.24) is 5.16 Å². The number of aliphatic carboxylic acids is 1. The number of hydrogen-bond donors (Lipinski definition) is 2. The largest absolute Gasteiger partial charge is 0.481 e. The number of carbonyl (C=O) groups is 2.